The molecule has 0 aliphatic heterocycles. The Balaban J connectivity index is 1.88. The van der Waals surface area contributed by atoms with Gasteiger partial charge in [0.05, 0.1) is 14.2 Å². The normalized spacial score (nSPS) is 11.9. The average molecular weight is 357 g/mol. The van der Waals surface area contributed by atoms with E-state index in [-0.39, 0.29) is 11.9 Å². The molecule has 0 aliphatic rings. The highest BCUT2D eigenvalue weighted by Crippen LogP contribution is 2.27. The fraction of sp³-hybridized carbons (Fsp3) is 0.381. The van der Waals surface area contributed by atoms with Crippen LogP contribution < -0.4 is 20.1 Å². The largest absolute Gasteiger partial charge is 0.493 e. The van der Waals surface area contributed by atoms with Gasteiger partial charge in [0, 0.05) is 18.0 Å². The molecule has 2 aromatic carbocycles. The van der Waals surface area contributed by atoms with E-state index in [4.69, 9.17) is 9.47 Å². The van der Waals surface area contributed by atoms with Crippen LogP contribution >= 0.6 is 0 Å². The molecule has 3 N–H and O–H groups in total. The van der Waals surface area contributed by atoms with Crippen molar-refractivity contribution in [1.29, 1.82) is 0 Å². The third-order valence-corrected chi connectivity index (χ3v) is 4.40. The number of methoxy groups -OCH3 is 2. The Bertz CT molecular complexity index is 702. The van der Waals surface area contributed by atoms with Crippen molar-refractivity contribution in [1.82, 2.24) is 5.32 Å². The minimum Gasteiger partial charge on any atom is -0.493 e. The summed E-state index contributed by atoms with van der Waals surface area (Å²) in [5.41, 5.74) is 2.22. The number of nitrogens with two attached hydrogens (primary N) is 1. The number of nitrogens with one attached hydrogen (secondary N) is 1. The number of carbonyl (C=O) groups is 1. The maximum absolute atomic E-state index is 12.3. The standard InChI is InChI=1S/C21H28N2O3/c1-15(2)21(17-8-6-5-7-9-17)23-14-20(24)22-13-16-10-11-18(25-3)19(12-16)26-4/h5-12,15,21,23H,13-14H2,1-4H3,(H,22,24)/p+1/t21-/m0/s1. The smallest absolute Gasteiger partial charge is 0.275 e. The molecule has 0 saturated carbocycles. The first kappa shape index (κ1) is 19.8. The lowest BCUT2D eigenvalue weighted by Gasteiger charge is -2.19. The number of amides is 1. The molecule has 0 aliphatic carbocycles. The summed E-state index contributed by atoms with van der Waals surface area (Å²) in [5, 5.41) is 5.07. The topological polar surface area (TPSA) is 64.2 Å². The van der Waals surface area contributed by atoms with Crippen molar-refractivity contribution >= 4 is 5.91 Å². The van der Waals surface area contributed by atoms with Gasteiger partial charge in [0.25, 0.3) is 5.91 Å². The molecular weight excluding hydrogens is 328 g/mol. The van der Waals surface area contributed by atoms with Crippen LogP contribution in [0.1, 0.15) is 31.0 Å². The van der Waals surface area contributed by atoms with Crippen molar-refractivity contribution in [2.45, 2.75) is 26.4 Å². The number of quaternary nitrogens is 1. The summed E-state index contributed by atoms with van der Waals surface area (Å²) in [5.74, 6) is 1.80. The molecule has 2 rings (SSSR count). The Hall–Kier alpha value is -2.53. The van der Waals surface area contributed by atoms with Crippen molar-refractivity contribution in [2.24, 2.45) is 5.92 Å². The van der Waals surface area contributed by atoms with Crippen LogP contribution in [0.4, 0.5) is 0 Å². The number of hydrogen-bond donors (Lipinski definition) is 2. The highest BCUT2D eigenvalue weighted by Gasteiger charge is 2.20. The van der Waals surface area contributed by atoms with Crippen molar-refractivity contribution < 1.29 is 19.6 Å². The lowest BCUT2D eigenvalue weighted by molar-refractivity contribution is -0.692. The summed E-state index contributed by atoms with van der Waals surface area (Å²) < 4.78 is 10.5. The van der Waals surface area contributed by atoms with E-state index in [1.54, 1.807) is 14.2 Å². The van der Waals surface area contributed by atoms with Gasteiger partial charge in [-0.25, -0.2) is 0 Å². The van der Waals surface area contributed by atoms with Crippen molar-refractivity contribution in [3.8, 4) is 11.5 Å². The fourth-order valence-electron chi connectivity index (χ4n) is 2.97. The van der Waals surface area contributed by atoms with Crippen molar-refractivity contribution in [2.75, 3.05) is 20.8 Å². The number of hydrogen-bond acceptors (Lipinski definition) is 3. The molecule has 1 amide bonds. The second-order valence-electron chi connectivity index (χ2n) is 6.59. The van der Waals surface area contributed by atoms with Gasteiger partial charge in [-0.05, 0) is 17.7 Å². The third kappa shape index (κ3) is 5.49. The van der Waals surface area contributed by atoms with E-state index in [0.29, 0.717) is 30.5 Å². The average Bonchev–Trinajstić information content (AvgIpc) is 2.66. The van der Waals surface area contributed by atoms with Crippen LogP contribution in [0.3, 0.4) is 0 Å². The monoisotopic (exact) mass is 357 g/mol. The van der Waals surface area contributed by atoms with Gasteiger partial charge >= 0.3 is 0 Å². The first-order valence-electron chi connectivity index (χ1n) is 8.91. The maximum Gasteiger partial charge on any atom is 0.275 e. The Morgan fingerprint density at radius 1 is 1.04 bits per heavy atom. The summed E-state index contributed by atoms with van der Waals surface area (Å²) in [4.78, 5) is 12.3. The summed E-state index contributed by atoms with van der Waals surface area (Å²) in [6.45, 7) is 5.21. The highest BCUT2D eigenvalue weighted by atomic mass is 16.5. The van der Waals surface area contributed by atoms with Crippen LogP contribution in [0.5, 0.6) is 11.5 Å². The SMILES string of the molecule is COc1ccc(CNC(=O)C[NH2+][C@H](c2ccccc2)C(C)C)cc1OC. The molecule has 5 nitrogen and oxygen atoms in total. The van der Waals surface area contributed by atoms with Gasteiger partial charge in [-0.15, -0.1) is 0 Å². The van der Waals surface area contributed by atoms with Gasteiger partial charge in [0.2, 0.25) is 0 Å². The molecule has 0 radical (unpaired) electrons. The van der Waals surface area contributed by atoms with E-state index in [2.05, 4.69) is 36.6 Å². The lowest BCUT2D eigenvalue weighted by Crippen LogP contribution is -2.88. The van der Waals surface area contributed by atoms with E-state index in [0.717, 1.165) is 5.56 Å². The fourth-order valence-corrected chi connectivity index (χ4v) is 2.97. The molecule has 0 unspecified atom stereocenters. The van der Waals surface area contributed by atoms with E-state index in [1.165, 1.54) is 5.56 Å². The molecule has 26 heavy (non-hydrogen) atoms. The van der Waals surface area contributed by atoms with Gasteiger partial charge in [-0.3, -0.25) is 4.79 Å². The van der Waals surface area contributed by atoms with E-state index in [9.17, 15) is 4.79 Å². The van der Waals surface area contributed by atoms with Gasteiger partial charge < -0.3 is 20.1 Å². The van der Waals surface area contributed by atoms with Crippen LogP contribution in [0, 0.1) is 5.92 Å². The number of benzene rings is 2. The predicted molar refractivity (Wildman–Crippen MR) is 102 cm³/mol. The number of ether oxygens (including phenoxy) is 2. The summed E-state index contributed by atoms with van der Waals surface area (Å²) >= 11 is 0. The first-order valence-corrected chi connectivity index (χ1v) is 8.91. The summed E-state index contributed by atoms with van der Waals surface area (Å²) in [6, 6.07) is 16.2. The van der Waals surface area contributed by atoms with Gasteiger partial charge in [-0.2, -0.15) is 0 Å². The molecule has 0 saturated heterocycles. The second-order valence-corrected chi connectivity index (χ2v) is 6.59. The first-order chi connectivity index (χ1) is 12.5. The maximum atomic E-state index is 12.3. The van der Waals surface area contributed by atoms with Crippen molar-refractivity contribution in [3.63, 3.8) is 0 Å². The van der Waals surface area contributed by atoms with Gasteiger partial charge in [-0.1, -0.05) is 50.2 Å². The molecule has 5 heteroatoms. The van der Waals surface area contributed by atoms with Crippen LogP contribution in [0.2, 0.25) is 0 Å². The third-order valence-electron chi connectivity index (χ3n) is 4.40. The molecule has 0 fully saturated rings. The molecule has 2 aromatic rings. The predicted octanol–water partition coefficient (Wildman–Crippen LogP) is 2.28. The van der Waals surface area contributed by atoms with E-state index < -0.39 is 0 Å². The van der Waals surface area contributed by atoms with Crippen molar-refractivity contribution in [3.05, 3.63) is 59.7 Å². The van der Waals surface area contributed by atoms with Crippen LogP contribution in [0.15, 0.2) is 48.5 Å². The number of carbonyl (C=O) groups excluding carboxylic acids is 1. The highest BCUT2D eigenvalue weighted by molar-refractivity contribution is 5.76. The zero-order valence-corrected chi connectivity index (χ0v) is 16.0. The second kappa shape index (κ2) is 9.82. The molecule has 1 atom stereocenters. The Kier molecular flexibility index (Phi) is 7.48. The summed E-state index contributed by atoms with van der Waals surface area (Å²) in [7, 11) is 3.21. The minimum absolute atomic E-state index is 0.0152. The lowest BCUT2D eigenvalue weighted by atomic mass is 9.96. The van der Waals surface area contributed by atoms with Crippen LogP contribution in [0.25, 0.3) is 0 Å². The molecular formula is C21H29N2O3+. The molecule has 0 bridgehead atoms. The Morgan fingerprint density at radius 2 is 1.73 bits per heavy atom. The van der Waals surface area contributed by atoms with Gasteiger partial charge in [0.15, 0.2) is 18.0 Å². The summed E-state index contributed by atoms with van der Waals surface area (Å²) in [6.07, 6.45) is 0. The molecule has 0 heterocycles. The van der Waals surface area contributed by atoms with Crippen LogP contribution in [-0.4, -0.2) is 26.7 Å². The Morgan fingerprint density at radius 3 is 2.35 bits per heavy atom. The zero-order chi connectivity index (χ0) is 18.9. The van der Waals surface area contributed by atoms with Crippen LogP contribution in [-0.2, 0) is 11.3 Å². The Labute approximate surface area is 155 Å². The minimum atomic E-state index is 0.0152. The van der Waals surface area contributed by atoms with E-state index in [1.807, 2.05) is 36.4 Å². The quantitative estimate of drug-likeness (QED) is 0.724. The molecule has 0 spiro atoms. The zero-order valence-electron chi connectivity index (χ0n) is 16.0. The molecule has 140 valence electrons. The van der Waals surface area contributed by atoms with E-state index >= 15 is 0 Å². The van der Waals surface area contributed by atoms with Gasteiger partial charge in [0.1, 0.15) is 6.04 Å². The molecule has 0 aromatic heterocycles. The number of rotatable bonds is 9.